The van der Waals surface area contributed by atoms with Gasteiger partial charge in [0.15, 0.2) is 0 Å². The normalized spacial score (nSPS) is 17.8. The van der Waals surface area contributed by atoms with Crippen LogP contribution in [-0.2, 0) is 0 Å². The van der Waals surface area contributed by atoms with Crippen molar-refractivity contribution >= 4 is 6.08 Å². The lowest BCUT2D eigenvalue weighted by Crippen LogP contribution is -1.92. The molecule has 0 saturated carbocycles. The number of furan rings is 1. The van der Waals surface area contributed by atoms with Gasteiger partial charge in [-0.15, -0.1) is 0 Å². The molecule has 80 valence electrons. The molecule has 0 radical (unpaired) electrons. The standard InChI is InChI=1S/C15H14O/c1-10-6-7-12-4-3-5-13(14(10)12)15-11(2)8-9-16-15/h3-10H,1-2H3. The van der Waals surface area contributed by atoms with E-state index >= 15 is 0 Å². The minimum atomic E-state index is 0.482. The maximum atomic E-state index is 5.60. The molecule has 0 aliphatic heterocycles. The Kier molecular flexibility index (Phi) is 2.00. The molecular weight excluding hydrogens is 196 g/mol. The van der Waals surface area contributed by atoms with E-state index in [0.29, 0.717) is 5.92 Å². The highest BCUT2D eigenvalue weighted by Gasteiger charge is 2.19. The highest BCUT2D eigenvalue weighted by molar-refractivity contribution is 5.76. The fraction of sp³-hybridized carbons (Fsp3) is 0.200. The van der Waals surface area contributed by atoms with E-state index in [-0.39, 0.29) is 0 Å². The molecule has 0 saturated heterocycles. The molecule has 3 rings (SSSR count). The summed E-state index contributed by atoms with van der Waals surface area (Å²) in [6.45, 7) is 4.31. The second kappa shape index (κ2) is 3.38. The van der Waals surface area contributed by atoms with Crippen molar-refractivity contribution in [1.82, 2.24) is 0 Å². The van der Waals surface area contributed by atoms with Crippen LogP contribution in [0.5, 0.6) is 0 Å². The van der Waals surface area contributed by atoms with Gasteiger partial charge in [0.25, 0.3) is 0 Å². The van der Waals surface area contributed by atoms with Crippen molar-refractivity contribution in [2.24, 2.45) is 0 Å². The number of rotatable bonds is 1. The van der Waals surface area contributed by atoms with Crippen molar-refractivity contribution in [1.29, 1.82) is 0 Å². The molecular formula is C15H14O. The summed E-state index contributed by atoms with van der Waals surface area (Å²) >= 11 is 0. The SMILES string of the molecule is Cc1ccoc1-c1cccc2c1C(C)C=C2. The van der Waals surface area contributed by atoms with Gasteiger partial charge in [-0.3, -0.25) is 0 Å². The van der Waals surface area contributed by atoms with E-state index in [9.17, 15) is 0 Å². The molecule has 1 nitrogen and oxygen atoms in total. The Morgan fingerprint density at radius 2 is 2.06 bits per heavy atom. The van der Waals surface area contributed by atoms with Crippen LogP contribution >= 0.6 is 0 Å². The highest BCUT2D eigenvalue weighted by Crippen LogP contribution is 2.38. The quantitative estimate of drug-likeness (QED) is 0.680. The largest absolute Gasteiger partial charge is 0.464 e. The van der Waals surface area contributed by atoms with Gasteiger partial charge in [-0.1, -0.05) is 37.3 Å². The van der Waals surface area contributed by atoms with Crippen LogP contribution in [0, 0.1) is 6.92 Å². The van der Waals surface area contributed by atoms with Gasteiger partial charge in [0.1, 0.15) is 5.76 Å². The van der Waals surface area contributed by atoms with Gasteiger partial charge in [0.05, 0.1) is 6.26 Å². The summed E-state index contributed by atoms with van der Waals surface area (Å²) in [6, 6.07) is 8.42. The van der Waals surface area contributed by atoms with Gasteiger partial charge in [0, 0.05) is 11.5 Å². The first kappa shape index (κ1) is 9.46. The number of fused-ring (bicyclic) bond motifs is 1. The Morgan fingerprint density at radius 1 is 1.19 bits per heavy atom. The maximum Gasteiger partial charge on any atom is 0.137 e. The summed E-state index contributed by atoms with van der Waals surface area (Å²) < 4.78 is 5.60. The minimum absolute atomic E-state index is 0.482. The van der Waals surface area contributed by atoms with Crippen LogP contribution in [0.4, 0.5) is 0 Å². The van der Waals surface area contributed by atoms with Gasteiger partial charge >= 0.3 is 0 Å². The van der Waals surface area contributed by atoms with Gasteiger partial charge in [0.2, 0.25) is 0 Å². The molecule has 1 atom stereocenters. The summed E-state index contributed by atoms with van der Waals surface area (Å²) in [5.41, 5.74) is 5.14. The predicted octanol–water partition coefficient (Wildman–Crippen LogP) is 4.39. The summed E-state index contributed by atoms with van der Waals surface area (Å²) in [7, 11) is 0. The highest BCUT2D eigenvalue weighted by atomic mass is 16.3. The molecule has 0 N–H and O–H groups in total. The molecule has 2 aromatic rings. The molecule has 0 bridgehead atoms. The van der Waals surface area contributed by atoms with Crippen LogP contribution in [0.1, 0.15) is 29.5 Å². The third-order valence-corrected chi connectivity index (χ3v) is 3.27. The van der Waals surface area contributed by atoms with Crippen molar-refractivity contribution in [2.75, 3.05) is 0 Å². The lowest BCUT2D eigenvalue weighted by Gasteiger charge is -2.11. The van der Waals surface area contributed by atoms with Crippen LogP contribution < -0.4 is 0 Å². The van der Waals surface area contributed by atoms with Gasteiger partial charge in [-0.2, -0.15) is 0 Å². The molecule has 1 aromatic carbocycles. The Bertz CT molecular complexity index is 561. The number of benzene rings is 1. The first-order chi connectivity index (χ1) is 7.77. The van der Waals surface area contributed by atoms with E-state index in [1.54, 1.807) is 6.26 Å². The van der Waals surface area contributed by atoms with E-state index < -0.39 is 0 Å². The molecule has 0 amide bonds. The van der Waals surface area contributed by atoms with E-state index in [1.165, 1.54) is 22.3 Å². The minimum Gasteiger partial charge on any atom is -0.464 e. The first-order valence-corrected chi connectivity index (χ1v) is 5.63. The average molecular weight is 210 g/mol. The molecule has 16 heavy (non-hydrogen) atoms. The van der Waals surface area contributed by atoms with Gasteiger partial charge < -0.3 is 4.42 Å². The molecule has 1 unspecified atom stereocenters. The fourth-order valence-electron chi connectivity index (χ4n) is 2.43. The third kappa shape index (κ3) is 1.25. The predicted molar refractivity (Wildman–Crippen MR) is 66.3 cm³/mol. The summed E-state index contributed by atoms with van der Waals surface area (Å²) in [6.07, 6.45) is 6.20. The van der Waals surface area contributed by atoms with Crippen molar-refractivity contribution in [3.8, 4) is 11.3 Å². The van der Waals surface area contributed by atoms with Crippen LogP contribution in [0.2, 0.25) is 0 Å². The monoisotopic (exact) mass is 210 g/mol. The lowest BCUT2D eigenvalue weighted by molar-refractivity contribution is 0.580. The van der Waals surface area contributed by atoms with Crippen LogP contribution in [-0.4, -0.2) is 0 Å². The molecule has 1 aliphatic carbocycles. The van der Waals surface area contributed by atoms with E-state index in [0.717, 1.165) is 5.76 Å². The number of hydrogen-bond donors (Lipinski definition) is 0. The van der Waals surface area contributed by atoms with E-state index in [4.69, 9.17) is 4.42 Å². The second-order valence-corrected chi connectivity index (χ2v) is 4.39. The topological polar surface area (TPSA) is 13.1 Å². The van der Waals surface area contributed by atoms with Crippen LogP contribution in [0.25, 0.3) is 17.4 Å². The molecule has 1 heteroatoms. The smallest absolute Gasteiger partial charge is 0.137 e. The zero-order valence-electron chi connectivity index (χ0n) is 9.53. The third-order valence-electron chi connectivity index (χ3n) is 3.27. The summed E-state index contributed by atoms with van der Waals surface area (Å²) in [5, 5.41) is 0. The van der Waals surface area contributed by atoms with E-state index in [1.807, 2.05) is 6.07 Å². The van der Waals surface area contributed by atoms with Crippen molar-refractivity contribution in [3.05, 3.63) is 53.3 Å². The van der Waals surface area contributed by atoms with Gasteiger partial charge in [-0.25, -0.2) is 0 Å². The molecule has 1 heterocycles. The number of aryl methyl sites for hydroxylation is 1. The fourth-order valence-corrected chi connectivity index (χ4v) is 2.43. The zero-order chi connectivity index (χ0) is 11.1. The van der Waals surface area contributed by atoms with Crippen molar-refractivity contribution < 1.29 is 4.42 Å². The van der Waals surface area contributed by atoms with E-state index in [2.05, 4.69) is 44.2 Å². The molecule has 1 aromatic heterocycles. The lowest BCUT2D eigenvalue weighted by atomic mass is 9.94. The van der Waals surface area contributed by atoms with Gasteiger partial charge in [-0.05, 0) is 29.7 Å². The maximum absolute atomic E-state index is 5.60. The molecule has 0 fully saturated rings. The van der Waals surface area contributed by atoms with Crippen molar-refractivity contribution in [3.63, 3.8) is 0 Å². The Morgan fingerprint density at radius 3 is 2.81 bits per heavy atom. The molecule has 0 spiro atoms. The Hall–Kier alpha value is -1.76. The molecule has 1 aliphatic rings. The van der Waals surface area contributed by atoms with Crippen LogP contribution in [0.3, 0.4) is 0 Å². The Labute approximate surface area is 95.4 Å². The second-order valence-electron chi connectivity index (χ2n) is 4.39. The average Bonchev–Trinajstić information content (AvgIpc) is 2.86. The summed E-state index contributed by atoms with van der Waals surface area (Å²) in [5.74, 6) is 1.49. The Balaban J connectivity index is 2.25. The summed E-state index contributed by atoms with van der Waals surface area (Å²) in [4.78, 5) is 0. The van der Waals surface area contributed by atoms with Crippen molar-refractivity contribution in [2.45, 2.75) is 19.8 Å². The zero-order valence-corrected chi connectivity index (χ0v) is 9.53. The van der Waals surface area contributed by atoms with Crippen LogP contribution in [0.15, 0.2) is 41.0 Å². The first-order valence-electron chi connectivity index (χ1n) is 5.63. The number of hydrogen-bond acceptors (Lipinski definition) is 1. The number of allylic oxidation sites excluding steroid dienone is 1.